The summed E-state index contributed by atoms with van der Waals surface area (Å²) in [5.41, 5.74) is 5.94. The van der Waals surface area contributed by atoms with Gasteiger partial charge in [0.1, 0.15) is 0 Å². The molecule has 0 atom stereocenters. The van der Waals surface area contributed by atoms with Gasteiger partial charge in [-0.05, 0) is 36.4 Å². The van der Waals surface area contributed by atoms with Crippen LogP contribution in [0.25, 0.3) is 22.0 Å². The standard InChI is InChI=1S/C22H20ClN3OS/c1-14-7-8-17-19(9-14)26(12-15-5-3-4-6-18(15)23)20(13-27)21(17)16-10-24-22(28-2)25-11-16/h3-11,27H,12-13H2,1-2H3. The van der Waals surface area contributed by atoms with Gasteiger partial charge in [-0.1, -0.05) is 53.7 Å². The molecule has 0 aliphatic heterocycles. The largest absolute Gasteiger partial charge is 0.390 e. The van der Waals surface area contributed by atoms with Gasteiger partial charge in [0, 0.05) is 46.0 Å². The lowest BCUT2D eigenvalue weighted by Crippen LogP contribution is -2.05. The molecule has 2 aromatic heterocycles. The smallest absolute Gasteiger partial charge is 0.187 e. The number of aryl methyl sites for hydroxylation is 1. The molecule has 0 saturated carbocycles. The minimum atomic E-state index is -0.0855. The molecule has 6 heteroatoms. The number of benzene rings is 2. The lowest BCUT2D eigenvalue weighted by molar-refractivity contribution is 0.273. The highest BCUT2D eigenvalue weighted by Gasteiger charge is 2.19. The maximum absolute atomic E-state index is 10.3. The summed E-state index contributed by atoms with van der Waals surface area (Å²) in [5.74, 6) is 0. The fourth-order valence-electron chi connectivity index (χ4n) is 3.53. The predicted molar refractivity (Wildman–Crippen MR) is 116 cm³/mol. The van der Waals surface area contributed by atoms with E-state index in [0.717, 1.165) is 49.0 Å². The summed E-state index contributed by atoms with van der Waals surface area (Å²) in [7, 11) is 0. The molecule has 4 aromatic rings. The van der Waals surface area contributed by atoms with Crippen LogP contribution in [0.5, 0.6) is 0 Å². The van der Waals surface area contributed by atoms with Crippen LogP contribution in [-0.4, -0.2) is 25.9 Å². The molecule has 142 valence electrons. The minimum Gasteiger partial charge on any atom is -0.390 e. The highest BCUT2D eigenvalue weighted by Crippen LogP contribution is 2.36. The Bertz CT molecular complexity index is 1140. The van der Waals surface area contributed by atoms with E-state index in [-0.39, 0.29) is 6.61 Å². The van der Waals surface area contributed by atoms with Gasteiger partial charge < -0.3 is 9.67 Å². The van der Waals surface area contributed by atoms with Crippen LogP contribution < -0.4 is 0 Å². The van der Waals surface area contributed by atoms with Crippen molar-refractivity contribution in [2.75, 3.05) is 6.26 Å². The number of fused-ring (bicyclic) bond motifs is 1. The fraction of sp³-hybridized carbons (Fsp3) is 0.182. The summed E-state index contributed by atoms with van der Waals surface area (Å²) in [4.78, 5) is 8.84. The van der Waals surface area contributed by atoms with E-state index in [0.29, 0.717) is 6.54 Å². The second-order valence-electron chi connectivity index (χ2n) is 6.64. The third-order valence-corrected chi connectivity index (χ3v) is 5.81. The van der Waals surface area contributed by atoms with Crippen molar-refractivity contribution in [3.63, 3.8) is 0 Å². The molecule has 1 N–H and O–H groups in total. The predicted octanol–water partition coefficient (Wildman–Crippen LogP) is 5.32. The van der Waals surface area contributed by atoms with Crippen molar-refractivity contribution in [3.05, 3.63) is 76.7 Å². The quantitative estimate of drug-likeness (QED) is 0.358. The number of aromatic nitrogens is 3. The Hall–Kier alpha value is -2.34. The Balaban J connectivity index is 1.96. The van der Waals surface area contributed by atoms with Crippen molar-refractivity contribution < 1.29 is 5.11 Å². The third kappa shape index (κ3) is 3.41. The number of rotatable bonds is 5. The Labute approximate surface area is 173 Å². The van der Waals surface area contributed by atoms with Gasteiger partial charge in [0.15, 0.2) is 5.16 Å². The zero-order valence-electron chi connectivity index (χ0n) is 15.7. The van der Waals surface area contributed by atoms with Crippen molar-refractivity contribution in [3.8, 4) is 11.1 Å². The first-order valence-corrected chi connectivity index (χ1v) is 10.5. The van der Waals surface area contributed by atoms with E-state index in [9.17, 15) is 5.11 Å². The molecule has 0 spiro atoms. The Kier molecular flexibility index (Phi) is 5.40. The van der Waals surface area contributed by atoms with E-state index in [1.807, 2.05) is 42.9 Å². The van der Waals surface area contributed by atoms with E-state index in [1.165, 1.54) is 11.8 Å². The van der Waals surface area contributed by atoms with E-state index < -0.39 is 0 Å². The van der Waals surface area contributed by atoms with Crippen molar-refractivity contribution in [2.24, 2.45) is 0 Å². The maximum Gasteiger partial charge on any atom is 0.187 e. The number of thioether (sulfide) groups is 1. The number of hydrogen-bond acceptors (Lipinski definition) is 4. The van der Waals surface area contributed by atoms with Crippen molar-refractivity contribution in [2.45, 2.75) is 25.2 Å². The Morgan fingerprint density at radius 3 is 2.54 bits per heavy atom. The first kappa shape index (κ1) is 19.0. The van der Waals surface area contributed by atoms with E-state index in [4.69, 9.17) is 11.6 Å². The van der Waals surface area contributed by atoms with E-state index in [2.05, 4.69) is 39.7 Å². The lowest BCUT2D eigenvalue weighted by Gasteiger charge is -2.12. The van der Waals surface area contributed by atoms with Crippen molar-refractivity contribution in [1.29, 1.82) is 0 Å². The highest BCUT2D eigenvalue weighted by molar-refractivity contribution is 7.98. The fourth-order valence-corrected chi connectivity index (χ4v) is 4.04. The molecule has 0 bridgehead atoms. The second-order valence-corrected chi connectivity index (χ2v) is 7.82. The van der Waals surface area contributed by atoms with E-state index in [1.54, 1.807) is 0 Å². The monoisotopic (exact) mass is 409 g/mol. The number of halogens is 1. The summed E-state index contributed by atoms with van der Waals surface area (Å²) in [6, 6.07) is 14.1. The van der Waals surface area contributed by atoms with Gasteiger partial charge >= 0.3 is 0 Å². The molecule has 0 unspecified atom stereocenters. The van der Waals surface area contributed by atoms with Crippen LogP contribution in [0.1, 0.15) is 16.8 Å². The summed E-state index contributed by atoms with van der Waals surface area (Å²) in [6.45, 7) is 2.57. The van der Waals surface area contributed by atoms with Crippen LogP contribution in [0.15, 0.2) is 60.0 Å². The molecule has 4 nitrogen and oxygen atoms in total. The van der Waals surface area contributed by atoms with Gasteiger partial charge in [-0.2, -0.15) is 0 Å². The van der Waals surface area contributed by atoms with Gasteiger partial charge in [0.2, 0.25) is 0 Å². The van der Waals surface area contributed by atoms with Crippen molar-refractivity contribution >= 4 is 34.3 Å². The number of aliphatic hydroxyl groups excluding tert-OH is 1. The summed E-state index contributed by atoms with van der Waals surface area (Å²) < 4.78 is 2.14. The molecule has 0 fully saturated rings. The minimum absolute atomic E-state index is 0.0855. The molecule has 0 saturated heterocycles. The van der Waals surface area contributed by atoms with Gasteiger partial charge in [-0.25, -0.2) is 9.97 Å². The molecular weight excluding hydrogens is 390 g/mol. The van der Waals surface area contributed by atoms with Gasteiger partial charge in [0.05, 0.1) is 12.3 Å². The van der Waals surface area contributed by atoms with Crippen LogP contribution in [0.3, 0.4) is 0 Å². The lowest BCUT2D eigenvalue weighted by atomic mass is 10.0. The highest BCUT2D eigenvalue weighted by atomic mass is 35.5. The van der Waals surface area contributed by atoms with Crippen LogP contribution >= 0.6 is 23.4 Å². The molecule has 4 rings (SSSR count). The summed E-state index contributed by atoms with van der Waals surface area (Å²) in [6.07, 6.45) is 5.60. The topological polar surface area (TPSA) is 50.9 Å². The molecular formula is C22H20ClN3OS. The van der Waals surface area contributed by atoms with Crippen LogP contribution in [0.2, 0.25) is 5.02 Å². The summed E-state index contributed by atoms with van der Waals surface area (Å²) in [5, 5.41) is 12.8. The SMILES string of the molecule is CSc1ncc(-c2c(CO)n(Cc3ccccc3Cl)c3cc(C)ccc23)cn1. The third-order valence-electron chi connectivity index (χ3n) is 4.86. The molecule has 2 aromatic carbocycles. The zero-order valence-corrected chi connectivity index (χ0v) is 17.3. The average Bonchev–Trinajstić information content (AvgIpc) is 3.02. The molecule has 0 amide bonds. The number of aliphatic hydroxyl groups is 1. The molecule has 0 aliphatic rings. The zero-order chi connectivity index (χ0) is 19.7. The van der Waals surface area contributed by atoms with Gasteiger partial charge in [-0.3, -0.25) is 0 Å². The van der Waals surface area contributed by atoms with Crippen LogP contribution in [0, 0.1) is 6.92 Å². The number of nitrogens with zero attached hydrogens (tertiary/aromatic N) is 3. The van der Waals surface area contributed by atoms with E-state index >= 15 is 0 Å². The first-order valence-electron chi connectivity index (χ1n) is 8.94. The average molecular weight is 410 g/mol. The van der Waals surface area contributed by atoms with Crippen LogP contribution in [-0.2, 0) is 13.2 Å². The molecule has 28 heavy (non-hydrogen) atoms. The first-order chi connectivity index (χ1) is 13.6. The van der Waals surface area contributed by atoms with Gasteiger partial charge in [-0.15, -0.1) is 0 Å². The Morgan fingerprint density at radius 2 is 1.86 bits per heavy atom. The second kappa shape index (κ2) is 7.95. The number of hydrogen-bond donors (Lipinski definition) is 1. The molecule has 0 radical (unpaired) electrons. The molecule has 2 heterocycles. The molecule has 0 aliphatic carbocycles. The Morgan fingerprint density at radius 1 is 1.11 bits per heavy atom. The summed E-state index contributed by atoms with van der Waals surface area (Å²) >= 11 is 7.92. The van der Waals surface area contributed by atoms with Crippen molar-refractivity contribution in [1.82, 2.24) is 14.5 Å². The van der Waals surface area contributed by atoms with Gasteiger partial charge in [0.25, 0.3) is 0 Å². The maximum atomic E-state index is 10.3. The normalized spacial score (nSPS) is 11.3. The van der Waals surface area contributed by atoms with Crippen LogP contribution in [0.4, 0.5) is 0 Å².